The molecule has 3 heterocycles. The summed E-state index contributed by atoms with van der Waals surface area (Å²) in [6, 6.07) is 16.1. The number of rotatable bonds is 17. The molecule has 16 heteroatoms. The standard InChI is InChI=1S/C47H56N4O9S3/c1-8-50-40-24-22-33(62(55,56)57)28-36(40)46(2,3)43(50)19-11-9-12-20-44-47(4,5)37-29-34(63(58,59)60)23-25-41(37)51(44)26-16-10-13-21-45(53)49-39(42(52)31-61(6,7)54)27-32-30-48-38-18-15-14-17-35(32)38/h9,11-12,14-15,17-20,22-25,28-31,39,48H,8,10,13,16,21,26-27H2,1-7H3,(H2-,49,53,55,56,57,58,59,60)/p+1/t39-/m0/s1. The van der Waals surface area contributed by atoms with Crippen LogP contribution in [0, 0.1) is 0 Å². The number of fused-ring (bicyclic) bond motifs is 3. The smallest absolute Gasteiger partial charge is 0.294 e. The Kier molecular flexibility index (Phi) is 13.6. The van der Waals surface area contributed by atoms with Crippen molar-refractivity contribution in [2.24, 2.45) is 0 Å². The van der Waals surface area contributed by atoms with Crippen molar-refractivity contribution in [2.45, 2.75) is 93.4 Å². The first-order chi connectivity index (χ1) is 29.4. The molecule has 0 radical (unpaired) electrons. The maximum absolute atomic E-state index is 13.3. The van der Waals surface area contributed by atoms with Gasteiger partial charge in [-0.3, -0.25) is 22.9 Å². The van der Waals surface area contributed by atoms with Crippen molar-refractivity contribution in [2.75, 3.05) is 30.5 Å². The van der Waals surface area contributed by atoms with Crippen molar-refractivity contribution in [3.63, 3.8) is 0 Å². The number of benzene rings is 3. The van der Waals surface area contributed by atoms with Crippen molar-refractivity contribution in [1.29, 1.82) is 0 Å². The van der Waals surface area contributed by atoms with Gasteiger partial charge >= 0.3 is 0 Å². The molecular weight excluding hydrogens is 861 g/mol. The van der Waals surface area contributed by atoms with Crippen molar-refractivity contribution >= 4 is 74.8 Å². The summed E-state index contributed by atoms with van der Waals surface area (Å²) < 4.78 is 82.5. The van der Waals surface area contributed by atoms with Gasteiger partial charge in [0.05, 0.1) is 21.2 Å². The molecule has 0 saturated carbocycles. The molecule has 4 aromatic rings. The van der Waals surface area contributed by atoms with Gasteiger partial charge in [-0.1, -0.05) is 50.3 Å². The van der Waals surface area contributed by atoms with Gasteiger partial charge in [0.15, 0.2) is 11.5 Å². The van der Waals surface area contributed by atoms with E-state index in [4.69, 9.17) is 0 Å². The van der Waals surface area contributed by atoms with E-state index in [0.29, 0.717) is 32.4 Å². The number of anilines is 1. The first kappa shape index (κ1) is 47.4. The van der Waals surface area contributed by atoms with Crippen LogP contribution in [0.15, 0.2) is 113 Å². The van der Waals surface area contributed by atoms with Crippen molar-refractivity contribution in [3.8, 4) is 0 Å². The minimum Gasteiger partial charge on any atom is -0.361 e. The molecule has 0 bridgehead atoms. The van der Waals surface area contributed by atoms with Crippen molar-refractivity contribution in [1.82, 2.24) is 10.3 Å². The van der Waals surface area contributed by atoms with Crippen LogP contribution in [0.3, 0.4) is 0 Å². The highest BCUT2D eigenvalue weighted by Gasteiger charge is 2.45. The third-order valence-electron chi connectivity index (χ3n) is 11.8. The fourth-order valence-electron chi connectivity index (χ4n) is 8.67. The minimum atomic E-state index is -4.45. The third-order valence-corrected chi connectivity index (χ3v) is 14.3. The number of aromatic amines is 1. The van der Waals surface area contributed by atoms with Crippen LogP contribution in [0.2, 0.25) is 0 Å². The lowest BCUT2D eigenvalue weighted by Crippen LogP contribution is -2.43. The van der Waals surface area contributed by atoms with Crippen LogP contribution in [-0.2, 0) is 56.6 Å². The number of Topliss-reactive ketones (excluding diaryl/α,β-unsaturated/α-hetero) is 1. The summed E-state index contributed by atoms with van der Waals surface area (Å²) in [6.45, 7) is 11.2. The van der Waals surface area contributed by atoms with Crippen molar-refractivity contribution < 1.29 is 44.3 Å². The molecule has 3 aromatic carbocycles. The number of unbranched alkanes of at least 4 members (excludes halogenated alkanes) is 2. The SMILES string of the molecule is CCN1/C(=C/C=C/C=C/C2=[N+](CCCCCC(=O)N[C@@H](Cc3c[nH]c4ccccc34)C(=O)C=S(C)(C)=O)c3ccc(S(=O)(=O)O)cc3C2(C)C)C(C)(C)c2cc(S(=O)(=O)O)ccc21. The molecule has 1 atom stereocenters. The second-order valence-corrected chi connectivity index (χ2v) is 23.2. The molecule has 13 nitrogen and oxygen atoms in total. The first-order valence-electron chi connectivity index (χ1n) is 20.8. The minimum absolute atomic E-state index is 0.155. The molecule has 0 aliphatic carbocycles. The number of H-pyrrole nitrogens is 1. The number of amides is 1. The van der Waals surface area contributed by atoms with Gasteiger partial charge in [0.1, 0.15) is 6.54 Å². The molecule has 6 rings (SSSR count). The Hall–Kier alpha value is -5.13. The fourth-order valence-corrected chi connectivity index (χ4v) is 10.4. The summed E-state index contributed by atoms with van der Waals surface area (Å²) in [6.07, 6.45) is 16.8. The van der Waals surface area contributed by atoms with E-state index >= 15 is 0 Å². The zero-order valence-electron chi connectivity index (χ0n) is 36.7. The summed E-state index contributed by atoms with van der Waals surface area (Å²) in [7, 11) is -11.3. The molecular formula is C47H57N4O9S3+. The number of likely N-dealkylation sites (N-methyl/N-ethyl adjacent to an activating group) is 1. The van der Waals surface area contributed by atoms with E-state index in [9.17, 15) is 39.7 Å². The van der Waals surface area contributed by atoms with Crippen LogP contribution in [0.4, 0.5) is 11.4 Å². The van der Waals surface area contributed by atoms with Crippen LogP contribution in [0.1, 0.15) is 77.0 Å². The Morgan fingerprint density at radius 3 is 2.17 bits per heavy atom. The fraction of sp³-hybridized carbons (Fsp3) is 0.362. The molecule has 0 fully saturated rings. The topological polar surface area (TPSA) is 194 Å². The Morgan fingerprint density at radius 2 is 1.51 bits per heavy atom. The number of para-hydroxylation sites is 1. The number of aromatic nitrogens is 1. The van der Waals surface area contributed by atoms with Crippen LogP contribution >= 0.6 is 0 Å². The van der Waals surface area contributed by atoms with E-state index in [0.717, 1.165) is 50.4 Å². The number of carbonyl (C=O) groups excluding carboxylic acids is 2. The first-order valence-corrected chi connectivity index (χ1v) is 26.1. The van der Waals surface area contributed by atoms with Gasteiger partial charge in [-0.2, -0.15) is 21.4 Å². The summed E-state index contributed by atoms with van der Waals surface area (Å²) in [4.78, 5) is 31.5. The van der Waals surface area contributed by atoms with Crippen LogP contribution in [-0.4, -0.2) is 94.1 Å². The number of hydrogen-bond acceptors (Lipinski definition) is 8. The third kappa shape index (κ3) is 10.5. The number of allylic oxidation sites excluding steroid dienone is 6. The molecule has 2 aliphatic rings. The average Bonchev–Trinajstić information content (AvgIpc) is 3.77. The van der Waals surface area contributed by atoms with Gasteiger partial charge in [0.25, 0.3) is 20.2 Å². The molecule has 336 valence electrons. The maximum atomic E-state index is 13.3. The second-order valence-electron chi connectivity index (χ2n) is 17.5. The van der Waals surface area contributed by atoms with Crippen LogP contribution in [0.5, 0.6) is 0 Å². The normalized spacial score (nSPS) is 17.2. The second kappa shape index (κ2) is 18.2. The number of nitrogens with one attached hydrogen (secondary N) is 2. The summed E-state index contributed by atoms with van der Waals surface area (Å²) >= 11 is 0. The van der Waals surface area contributed by atoms with E-state index in [1.807, 2.05) is 95.5 Å². The van der Waals surface area contributed by atoms with Gasteiger partial charge in [-0.05, 0) is 96.7 Å². The van der Waals surface area contributed by atoms with Gasteiger partial charge in [0, 0.05) is 95.3 Å². The van der Waals surface area contributed by atoms with E-state index in [-0.39, 0.29) is 28.5 Å². The van der Waals surface area contributed by atoms with E-state index in [2.05, 4.69) is 19.8 Å². The monoisotopic (exact) mass is 917 g/mol. The Balaban J connectivity index is 1.17. The lowest BCUT2D eigenvalue weighted by atomic mass is 9.81. The summed E-state index contributed by atoms with van der Waals surface area (Å²) in [5.41, 5.74) is 5.63. The van der Waals surface area contributed by atoms with E-state index in [1.54, 1.807) is 12.1 Å². The molecule has 1 aromatic heterocycles. The van der Waals surface area contributed by atoms with Crippen molar-refractivity contribution in [3.05, 3.63) is 120 Å². The number of nitrogens with zero attached hydrogens (tertiary/aromatic N) is 2. The number of carbonyl (C=O) groups is 2. The zero-order chi connectivity index (χ0) is 46.1. The highest BCUT2D eigenvalue weighted by atomic mass is 32.2. The predicted molar refractivity (Wildman–Crippen MR) is 251 cm³/mol. The van der Waals surface area contributed by atoms with Crippen LogP contribution < -0.4 is 10.2 Å². The predicted octanol–water partition coefficient (Wildman–Crippen LogP) is 7.05. The van der Waals surface area contributed by atoms with Gasteiger partial charge in [-0.15, -0.1) is 0 Å². The Labute approximate surface area is 371 Å². The Morgan fingerprint density at radius 1 is 0.841 bits per heavy atom. The summed E-state index contributed by atoms with van der Waals surface area (Å²) in [5, 5.41) is 5.05. The lowest BCUT2D eigenvalue weighted by molar-refractivity contribution is -0.438. The van der Waals surface area contributed by atoms with E-state index in [1.165, 1.54) is 42.1 Å². The van der Waals surface area contributed by atoms with Gasteiger partial charge in [0.2, 0.25) is 11.6 Å². The highest BCUT2D eigenvalue weighted by Crippen LogP contribution is 2.48. The number of hydrogen-bond donors (Lipinski definition) is 4. The van der Waals surface area contributed by atoms with Gasteiger partial charge < -0.3 is 15.2 Å². The number of ketones is 1. The molecule has 63 heavy (non-hydrogen) atoms. The molecule has 1 amide bonds. The molecule has 0 unspecified atom stereocenters. The molecule has 4 N–H and O–H groups in total. The maximum Gasteiger partial charge on any atom is 0.294 e. The molecule has 2 aliphatic heterocycles. The summed E-state index contributed by atoms with van der Waals surface area (Å²) in [5.74, 6) is -0.677. The zero-order valence-corrected chi connectivity index (χ0v) is 39.2. The highest BCUT2D eigenvalue weighted by molar-refractivity contribution is 8.01. The quantitative estimate of drug-likeness (QED) is 0.0280. The van der Waals surface area contributed by atoms with Crippen LogP contribution in [0.25, 0.3) is 10.9 Å². The largest absolute Gasteiger partial charge is 0.361 e. The van der Waals surface area contributed by atoms with Gasteiger partial charge in [-0.25, -0.2) is 0 Å². The lowest BCUT2D eigenvalue weighted by Gasteiger charge is -2.25. The van der Waals surface area contributed by atoms with E-state index < -0.39 is 52.4 Å². The Bertz CT molecular complexity index is 2940. The average molecular weight is 918 g/mol. The molecule has 0 spiro atoms. The molecule has 0 saturated heterocycles.